The van der Waals surface area contributed by atoms with Gasteiger partial charge in [-0.15, -0.1) is 11.3 Å². The highest BCUT2D eigenvalue weighted by Gasteiger charge is 2.22. The summed E-state index contributed by atoms with van der Waals surface area (Å²) in [7, 11) is 0. The molecule has 1 aliphatic heterocycles. The lowest BCUT2D eigenvalue weighted by Gasteiger charge is -2.18. The number of nitrogens with two attached hydrogens (primary N) is 1. The van der Waals surface area contributed by atoms with Crippen molar-refractivity contribution in [3.8, 4) is 0 Å². The molecule has 23 heavy (non-hydrogen) atoms. The molecule has 0 aromatic carbocycles. The SMILES string of the molecule is CCc1nc(C)sc1Cn1ncc(N2CCC(CN)C2)cc1=O. The topological polar surface area (TPSA) is 77.0 Å². The van der Waals surface area contributed by atoms with E-state index >= 15 is 0 Å². The van der Waals surface area contributed by atoms with E-state index in [0.29, 0.717) is 19.0 Å². The Morgan fingerprint density at radius 3 is 2.96 bits per heavy atom. The van der Waals surface area contributed by atoms with Crippen molar-refractivity contribution in [2.75, 3.05) is 24.5 Å². The third-order valence-corrected chi connectivity index (χ3v) is 5.35. The molecule has 2 aromatic rings. The molecule has 0 aliphatic carbocycles. The molecular weight excluding hydrogens is 310 g/mol. The zero-order valence-electron chi connectivity index (χ0n) is 13.7. The highest BCUT2D eigenvalue weighted by molar-refractivity contribution is 7.11. The Hall–Kier alpha value is -1.73. The molecule has 1 saturated heterocycles. The molecular formula is C16H23N5OS. The van der Waals surface area contributed by atoms with Gasteiger partial charge in [0.15, 0.2) is 0 Å². The summed E-state index contributed by atoms with van der Waals surface area (Å²) in [6.07, 6.45) is 3.75. The summed E-state index contributed by atoms with van der Waals surface area (Å²) < 4.78 is 1.52. The van der Waals surface area contributed by atoms with Gasteiger partial charge in [-0.25, -0.2) is 9.67 Å². The fourth-order valence-electron chi connectivity index (χ4n) is 3.02. The zero-order chi connectivity index (χ0) is 16.4. The molecule has 1 fully saturated rings. The number of rotatable bonds is 5. The highest BCUT2D eigenvalue weighted by Crippen LogP contribution is 2.22. The van der Waals surface area contributed by atoms with E-state index in [2.05, 4.69) is 21.9 Å². The van der Waals surface area contributed by atoms with Crippen LogP contribution in [0, 0.1) is 12.8 Å². The lowest BCUT2D eigenvalue weighted by atomic mass is 10.1. The fourth-order valence-corrected chi connectivity index (χ4v) is 4.03. The molecule has 6 nitrogen and oxygen atoms in total. The second kappa shape index (κ2) is 6.80. The number of aryl methyl sites for hydroxylation is 2. The minimum Gasteiger partial charge on any atom is -0.370 e. The molecule has 0 radical (unpaired) electrons. The van der Waals surface area contributed by atoms with Crippen molar-refractivity contribution in [3.63, 3.8) is 0 Å². The second-order valence-electron chi connectivity index (χ2n) is 6.00. The first-order chi connectivity index (χ1) is 11.1. The average Bonchev–Trinajstić information content (AvgIpc) is 3.15. The number of nitrogens with zero attached hydrogens (tertiary/aromatic N) is 4. The molecule has 3 rings (SSSR count). The largest absolute Gasteiger partial charge is 0.370 e. The first-order valence-corrected chi connectivity index (χ1v) is 8.89. The van der Waals surface area contributed by atoms with Crippen LogP contribution in [0.5, 0.6) is 0 Å². The van der Waals surface area contributed by atoms with E-state index in [9.17, 15) is 4.79 Å². The molecule has 1 atom stereocenters. The number of hydrogen-bond donors (Lipinski definition) is 1. The van der Waals surface area contributed by atoms with Gasteiger partial charge in [0.2, 0.25) is 0 Å². The normalized spacial score (nSPS) is 17.9. The Labute approximate surface area is 140 Å². The van der Waals surface area contributed by atoms with Crippen molar-refractivity contribution in [2.45, 2.75) is 33.2 Å². The van der Waals surface area contributed by atoms with Crippen LogP contribution in [-0.2, 0) is 13.0 Å². The Balaban J connectivity index is 1.78. The first-order valence-electron chi connectivity index (χ1n) is 8.08. The van der Waals surface area contributed by atoms with Gasteiger partial charge in [0.1, 0.15) is 0 Å². The molecule has 1 aliphatic rings. The van der Waals surface area contributed by atoms with E-state index in [1.807, 2.05) is 6.92 Å². The van der Waals surface area contributed by atoms with Crippen LogP contribution in [-0.4, -0.2) is 34.4 Å². The maximum Gasteiger partial charge on any atom is 0.269 e. The highest BCUT2D eigenvalue weighted by atomic mass is 32.1. The van der Waals surface area contributed by atoms with E-state index in [4.69, 9.17) is 5.73 Å². The van der Waals surface area contributed by atoms with E-state index in [0.717, 1.165) is 47.2 Å². The molecule has 7 heteroatoms. The number of aromatic nitrogens is 3. The van der Waals surface area contributed by atoms with Crippen molar-refractivity contribution < 1.29 is 0 Å². The molecule has 0 saturated carbocycles. The van der Waals surface area contributed by atoms with Gasteiger partial charge < -0.3 is 10.6 Å². The lowest BCUT2D eigenvalue weighted by molar-refractivity contribution is 0.601. The monoisotopic (exact) mass is 333 g/mol. The minimum absolute atomic E-state index is 0.0631. The quantitative estimate of drug-likeness (QED) is 0.895. The molecule has 0 spiro atoms. The summed E-state index contributed by atoms with van der Waals surface area (Å²) >= 11 is 1.64. The second-order valence-corrected chi connectivity index (χ2v) is 7.29. The third kappa shape index (κ3) is 3.45. The average molecular weight is 333 g/mol. The summed E-state index contributed by atoms with van der Waals surface area (Å²) in [4.78, 5) is 20.2. The van der Waals surface area contributed by atoms with Gasteiger partial charge in [0.05, 0.1) is 29.1 Å². The van der Waals surface area contributed by atoms with Crippen LogP contribution in [0.4, 0.5) is 5.69 Å². The van der Waals surface area contributed by atoms with Crippen LogP contribution in [0.15, 0.2) is 17.1 Å². The standard InChI is InChI=1S/C16H23N5OS/c1-3-14-15(23-11(2)19-14)10-21-16(22)6-13(8-18-21)20-5-4-12(7-17)9-20/h6,8,12H,3-5,7,9-10,17H2,1-2H3. The van der Waals surface area contributed by atoms with Crippen molar-refractivity contribution in [1.82, 2.24) is 14.8 Å². The Morgan fingerprint density at radius 1 is 1.48 bits per heavy atom. The van der Waals surface area contributed by atoms with E-state index < -0.39 is 0 Å². The predicted molar refractivity (Wildman–Crippen MR) is 93.2 cm³/mol. The maximum atomic E-state index is 12.4. The summed E-state index contributed by atoms with van der Waals surface area (Å²) in [6.45, 7) is 7.13. The van der Waals surface area contributed by atoms with Crippen molar-refractivity contribution >= 4 is 17.0 Å². The van der Waals surface area contributed by atoms with Crippen molar-refractivity contribution in [3.05, 3.63) is 38.2 Å². The van der Waals surface area contributed by atoms with Crippen LogP contribution in [0.1, 0.15) is 28.9 Å². The van der Waals surface area contributed by atoms with E-state index in [-0.39, 0.29) is 5.56 Å². The van der Waals surface area contributed by atoms with Gasteiger partial charge in [0, 0.05) is 24.0 Å². The molecule has 3 heterocycles. The van der Waals surface area contributed by atoms with E-state index in [1.165, 1.54) is 4.68 Å². The zero-order valence-corrected chi connectivity index (χ0v) is 14.5. The van der Waals surface area contributed by atoms with Crippen LogP contribution in [0.3, 0.4) is 0 Å². The van der Waals surface area contributed by atoms with Crippen molar-refractivity contribution in [2.24, 2.45) is 11.7 Å². The lowest BCUT2D eigenvalue weighted by Crippen LogP contribution is -2.27. The van der Waals surface area contributed by atoms with Crippen LogP contribution < -0.4 is 16.2 Å². The summed E-state index contributed by atoms with van der Waals surface area (Å²) in [6, 6.07) is 1.69. The summed E-state index contributed by atoms with van der Waals surface area (Å²) in [5.74, 6) is 0.518. The van der Waals surface area contributed by atoms with Crippen LogP contribution >= 0.6 is 11.3 Å². The van der Waals surface area contributed by atoms with Gasteiger partial charge >= 0.3 is 0 Å². The van der Waals surface area contributed by atoms with E-state index in [1.54, 1.807) is 23.6 Å². The van der Waals surface area contributed by atoms with Crippen molar-refractivity contribution in [1.29, 1.82) is 0 Å². The minimum atomic E-state index is -0.0631. The smallest absolute Gasteiger partial charge is 0.269 e. The maximum absolute atomic E-state index is 12.4. The fraction of sp³-hybridized carbons (Fsp3) is 0.562. The van der Waals surface area contributed by atoms with Crippen LogP contribution in [0.2, 0.25) is 0 Å². The molecule has 124 valence electrons. The van der Waals surface area contributed by atoms with Gasteiger partial charge in [-0.05, 0) is 32.2 Å². The molecule has 1 unspecified atom stereocenters. The Kier molecular flexibility index (Phi) is 4.77. The number of hydrogen-bond acceptors (Lipinski definition) is 6. The molecule has 0 amide bonds. The van der Waals surface area contributed by atoms with Crippen LogP contribution in [0.25, 0.3) is 0 Å². The Morgan fingerprint density at radius 2 is 2.30 bits per heavy atom. The summed E-state index contributed by atoms with van der Waals surface area (Å²) in [5, 5.41) is 5.40. The molecule has 2 N–H and O–H groups in total. The molecule has 0 bridgehead atoms. The number of anilines is 1. The van der Waals surface area contributed by atoms with Gasteiger partial charge in [-0.3, -0.25) is 4.79 Å². The van der Waals surface area contributed by atoms with Gasteiger partial charge in [-0.2, -0.15) is 5.10 Å². The number of thiazole rings is 1. The first kappa shape index (κ1) is 16.1. The third-order valence-electron chi connectivity index (χ3n) is 4.35. The molecule has 2 aromatic heterocycles. The van der Waals surface area contributed by atoms with Gasteiger partial charge in [0.25, 0.3) is 5.56 Å². The summed E-state index contributed by atoms with van der Waals surface area (Å²) in [5.41, 5.74) is 7.63. The predicted octanol–water partition coefficient (Wildman–Crippen LogP) is 1.40. The van der Waals surface area contributed by atoms with Gasteiger partial charge in [-0.1, -0.05) is 6.92 Å². The Bertz CT molecular complexity index is 738.